The van der Waals surface area contributed by atoms with Gasteiger partial charge in [0.25, 0.3) is 0 Å². The first-order valence-electron chi connectivity index (χ1n) is 6.43. The van der Waals surface area contributed by atoms with Crippen LogP contribution in [0.4, 0.5) is 0 Å². The molecule has 0 bridgehead atoms. The molecule has 0 atom stereocenters. The fourth-order valence-electron chi connectivity index (χ4n) is 2.17. The van der Waals surface area contributed by atoms with Crippen LogP contribution in [-0.2, 0) is 6.54 Å². The van der Waals surface area contributed by atoms with Gasteiger partial charge in [-0.2, -0.15) is 11.8 Å². The average Bonchev–Trinajstić information content (AvgIpc) is 2.88. The molecule has 4 nitrogen and oxygen atoms in total. The Labute approximate surface area is 116 Å². The second-order valence-electron chi connectivity index (χ2n) is 4.52. The maximum atomic E-state index is 6.02. The van der Waals surface area contributed by atoms with Crippen molar-refractivity contribution < 1.29 is 4.42 Å². The Hall–Kier alpha value is -1.62. The summed E-state index contributed by atoms with van der Waals surface area (Å²) in [6.07, 6.45) is 0. The molecule has 0 radical (unpaired) electrons. The highest BCUT2D eigenvalue weighted by atomic mass is 32.2. The number of hydrogen-bond donors (Lipinski definition) is 1. The molecule has 1 aliphatic heterocycles. The third kappa shape index (κ3) is 2.87. The van der Waals surface area contributed by atoms with E-state index in [1.54, 1.807) is 0 Å². The van der Waals surface area contributed by atoms with Crippen molar-refractivity contribution in [3.05, 3.63) is 36.1 Å². The second-order valence-corrected chi connectivity index (χ2v) is 5.75. The van der Waals surface area contributed by atoms with Crippen LogP contribution in [0.1, 0.15) is 5.76 Å². The van der Waals surface area contributed by atoms with Gasteiger partial charge >= 0.3 is 0 Å². The van der Waals surface area contributed by atoms with Gasteiger partial charge in [-0.3, -0.25) is 0 Å². The van der Waals surface area contributed by atoms with Gasteiger partial charge in [-0.15, -0.1) is 0 Å². The van der Waals surface area contributed by atoms with Crippen LogP contribution in [0.2, 0.25) is 0 Å². The molecule has 0 unspecified atom stereocenters. The van der Waals surface area contributed by atoms with Crippen LogP contribution in [0.25, 0.3) is 11.0 Å². The molecular weight excluding hydrogens is 258 g/mol. The van der Waals surface area contributed by atoms with Gasteiger partial charge in [-0.05, 0) is 12.1 Å². The van der Waals surface area contributed by atoms with Crippen LogP contribution < -0.4 is 5.73 Å². The smallest absolute Gasteiger partial charge is 0.191 e. The molecule has 3 rings (SSSR count). The van der Waals surface area contributed by atoms with Gasteiger partial charge in [0.2, 0.25) is 0 Å². The van der Waals surface area contributed by atoms with Crippen molar-refractivity contribution in [2.75, 3.05) is 24.6 Å². The molecule has 1 aromatic heterocycles. The highest BCUT2D eigenvalue weighted by molar-refractivity contribution is 7.99. The minimum atomic E-state index is 0.504. The standard InChI is InChI=1S/C14H17N3OS/c15-14(17-5-7-19-8-6-17)16-10-12-9-11-3-1-2-4-13(11)18-12/h1-4,9H,5-8,10H2,(H2,15,16). The average molecular weight is 275 g/mol. The van der Waals surface area contributed by atoms with Gasteiger partial charge in [0.05, 0.1) is 0 Å². The zero-order chi connectivity index (χ0) is 13.1. The number of thioether (sulfide) groups is 1. The monoisotopic (exact) mass is 275 g/mol. The highest BCUT2D eigenvalue weighted by Gasteiger charge is 2.12. The van der Waals surface area contributed by atoms with Gasteiger partial charge < -0.3 is 15.1 Å². The Morgan fingerprint density at radius 3 is 2.89 bits per heavy atom. The van der Waals surface area contributed by atoms with E-state index in [-0.39, 0.29) is 0 Å². The molecule has 2 aromatic rings. The molecule has 2 heterocycles. The van der Waals surface area contributed by atoms with E-state index in [0.29, 0.717) is 12.5 Å². The zero-order valence-corrected chi connectivity index (χ0v) is 11.5. The van der Waals surface area contributed by atoms with E-state index >= 15 is 0 Å². The number of benzene rings is 1. The minimum Gasteiger partial charge on any atom is -0.459 e. The molecule has 2 N–H and O–H groups in total. The van der Waals surface area contributed by atoms with Crippen molar-refractivity contribution in [1.29, 1.82) is 0 Å². The number of guanidine groups is 1. The topological polar surface area (TPSA) is 54.8 Å². The molecule has 5 heteroatoms. The lowest BCUT2D eigenvalue weighted by Gasteiger charge is -2.27. The molecule has 100 valence electrons. The summed E-state index contributed by atoms with van der Waals surface area (Å²) in [7, 11) is 0. The quantitative estimate of drug-likeness (QED) is 0.675. The molecular formula is C14H17N3OS. The number of aliphatic imine (C=N–C) groups is 1. The van der Waals surface area contributed by atoms with Crippen molar-refractivity contribution in [1.82, 2.24) is 4.90 Å². The van der Waals surface area contributed by atoms with E-state index in [9.17, 15) is 0 Å². The van der Waals surface area contributed by atoms with Crippen LogP contribution in [0.5, 0.6) is 0 Å². The second kappa shape index (κ2) is 5.57. The Morgan fingerprint density at radius 1 is 1.32 bits per heavy atom. The van der Waals surface area contributed by atoms with Crippen molar-refractivity contribution in [2.24, 2.45) is 10.7 Å². The molecule has 0 spiro atoms. The fourth-order valence-corrected chi connectivity index (χ4v) is 3.07. The van der Waals surface area contributed by atoms with Gasteiger partial charge in [0.15, 0.2) is 5.96 Å². The lowest BCUT2D eigenvalue weighted by Crippen LogP contribution is -2.42. The molecule has 1 aromatic carbocycles. The SMILES string of the molecule is NC(=NCc1cc2ccccc2o1)N1CCSCC1. The van der Waals surface area contributed by atoms with E-state index in [4.69, 9.17) is 10.2 Å². The minimum absolute atomic E-state index is 0.504. The number of nitrogens with two attached hydrogens (primary N) is 1. The van der Waals surface area contributed by atoms with Crippen LogP contribution in [0.3, 0.4) is 0 Å². The Kier molecular flexibility index (Phi) is 3.64. The summed E-state index contributed by atoms with van der Waals surface area (Å²) in [6, 6.07) is 10.0. The van der Waals surface area contributed by atoms with Crippen LogP contribution in [0, 0.1) is 0 Å². The van der Waals surface area contributed by atoms with Crippen LogP contribution in [-0.4, -0.2) is 35.5 Å². The Bertz CT molecular complexity index is 554. The van der Waals surface area contributed by atoms with Gasteiger partial charge in [-0.1, -0.05) is 18.2 Å². The van der Waals surface area contributed by atoms with E-state index in [0.717, 1.165) is 41.3 Å². The van der Waals surface area contributed by atoms with E-state index < -0.39 is 0 Å². The van der Waals surface area contributed by atoms with Gasteiger partial charge in [-0.25, -0.2) is 4.99 Å². The van der Waals surface area contributed by atoms with E-state index in [1.165, 1.54) is 0 Å². The van der Waals surface area contributed by atoms with Crippen molar-refractivity contribution >= 4 is 28.7 Å². The summed E-state index contributed by atoms with van der Waals surface area (Å²) in [4.78, 5) is 6.57. The van der Waals surface area contributed by atoms with Crippen molar-refractivity contribution in [3.8, 4) is 0 Å². The first-order chi connectivity index (χ1) is 9.33. The first-order valence-corrected chi connectivity index (χ1v) is 7.58. The number of furan rings is 1. The summed E-state index contributed by atoms with van der Waals surface area (Å²) >= 11 is 1.96. The summed E-state index contributed by atoms with van der Waals surface area (Å²) in [5.41, 5.74) is 6.92. The molecule has 0 saturated carbocycles. The normalized spacial score (nSPS) is 17.1. The first kappa shape index (κ1) is 12.4. The molecule has 0 amide bonds. The number of fused-ring (bicyclic) bond motifs is 1. The Morgan fingerprint density at radius 2 is 2.11 bits per heavy atom. The highest BCUT2D eigenvalue weighted by Crippen LogP contribution is 2.19. The lowest BCUT2D eigenvalue weighted by atomic mass is 10.2. The third-order valence-electron chi connectivity index (χ3n) is 3.21. The third-order valence-corrected chi connectivity index (χ3v) is 4.15. The van der Waals surface area contributed by atoms with E-state index in [1.807, 2.05) is 42.1 Å². The lowest BCUT2D eigenvalue weighted by molar-refractivity contribution is 0.453. The van der Waals surface area contributed by atoms with Crippen LogP contribution >= 0.6 is 11.8 Å². The van der Waals surface area contributed by atoms with Crippen molar-refractivity contribution in [2.45, 2.75) is 6.54 Å². The molecule has 1 aliphatic rings. The predicted octanol–water partition coefficient (Wildman–Crippen LogP) is 2.30. The number of nitrogens with zero attached hydrogens (tertiary/aromatic N) is 2. The largest absolute Gasteiger partial charge is 0.459 e. The summed E-state index contributed by atoms with van der Waals surface area (Å²) in [6.45, 7) is 2.48. The molecule has 0 aliphatic carbocycles. The molecule has 19 heavy (non-hydrogen) atoms. The van der Waals surface area contributed by atoms with Crippen molar-refractivity contribution in [3.63, 3.8) is 0 Å². The fraction of sp³-hybridized carbons (Fsp3) is 0.357. The number of rotatable bonds is 2. The number of hydrogen-bond acceptors (Lipinski definition) is 3. The zero-order valence-electron chi connectivity index (χ0n) is 10.7. The number of para-hydroxylation sites is 1. The molecule has 1 saturated heterocycles. The van der Waals surface area contributed by atoms with E-state index in [2.05, 4.69) is 9.89 Å². The predicted molar refractivity (Wildman–Crippen MR) is 80.4 cm³/mol. The maximum Gasteiger partial charge on any atom is 0.191 e. The summed E-state index contributed by atoms with van der Waals surface area (Å²) in [5.74, 6) is 3.73. The van der Waals surface area contributed by atoms with Gasteiger partial charge in [0.1, 0.15) is 17.9 Å². The molecule has 1 fully saturated rings. The maximum absolute atomic E-state index is 6.02. The van der Waals surface area contributed by atoms with Crippen LogP contribution in [0.15, 0.2) is 39.7 Å². The summed E-state index contributed by atoms with van der Waals surface area (Å²) in [5, 5.41) is 1.11. The Balaban J connectivity index is 1.70. The summed E-state index contributed by atoms with van der Waals surface area (Å²) < 4.78 is 5.72. The van der Waals surface area contributed by atoms with Gasteiger partial charge in [0, 0.05) is 30.0 Å².